The molecule has 0 fully saturated rings. The predicted molar refractivity (Wildman–Crippen MR) is 169 cm³/mol. The van der Waals surface area contributed by atoms with Gasteiger partial charge in [0.2, 0.25) is 5.91 Å². The third-order valence-electron chi connectivity index (χ3n) is 7.07. The van der Waals surface area contributed by atoms with E-state index in [0.29, 0.717) is 0 Å². The van der Waals surface area contributed by atoms with Gasteiger partial charge in [-0.3, -0.25) is 4.79 Å². The van der Waals surface area contributed by atoms with E-state index in [-0.39, 0.29) is 0 Å². The second-order valence-corrected chi connectivity index (χ2v) is 10.0. The van der Waals surface area contributed by atoms with Gasteiger partial charge in [0.1, 0.15) is 0 Å². The van der Waals surface area contributed by atoms with Crippen LogP contribution in [0.15, 0.2) is 104 Å². The summed E-state index contributed by atoms with van der Waals surface area (Å²) in [4.78, 5) is 9.47. The summed E-state index contributed by atoms with van der Waals surface area (Å²) in [7, 11) is 0. The van der Waals surface area contributed by atoms with Crippen LogP contribution >= 0.6 is 0 Å². The Morgan fingerprint density at radius 2 is 1.10 bits per heavy atom. The Hall–Kier alpha value is -3.91. The van der Waals surface area contributed by atoms with Crippen molar-refractivity contribution in [1.29, 1.82) is 0 Å². The first-order chi connectivity index (χ1) is 19.0. The van der Waals surface area contributed by atoms with Crippen LogP contribution in [0.25, 0.3) is 33.4 Å². The number of rotatable bonds is 11. The van der Waals surface area contributed by atoms with Crippen LogP contribution in [0.5, 0.6) is 0 Å². The molecule has 0 aromatic heterocycles. The van der Waals surface area contributed by atoms with Crippen LogP contribution in [-0.4, -0.2) is 5.91 Å². The van der Waals surface area contributed by atoms with Gasteiger partial charge in [-0.05, 0) is 81.8 Å². The molecule has 0 aliphatic heterocycles. The zero-order chi connectivity index (χ0) is 28.0. The highest BCUT2D eigenvalue weighted by atomic mass is 16.1. The van der Waals surface area contributed by atoms with E-state index in [1.54, 1.807) is 0 Å². The molecule has 202 valence electrons. The highest BCUT2D eigenvalue weighted by Gasteiger charge is 2.08. The molecular formula is C37H43NO. The lowest BCUT2D eigenvalue weighted by atomic mass is 9.92. The molecule has 0 aliphatic carbocycles. The SMILES string of the molecule is C=CC(N)=O.CCCCCc1ccc(-c2ccc(-c3ccc(-c4ccc(CCC)cc4)c(CC)c3)cc2)cc1. The Bertz CT molecular complexity index is 1320. The maximum Gasteiger partial charge on any atom is 0.240 e. The Morgan fingerprint density at radius 3 is 1.59 bits per heavy atom. The fraction of sp³-hybridized carbons (Fsp3) is 0.270. The van der Waals surface area contributed by atoms with E-state index in [2.05, 4.69) is 124 Å². The molecule has 0 saturated carbocycles. The van der Waals surface area contributed by atoms with Crippen molar-refractivity contribution in [3.05, 3.63) is 120 Å². The average Bonchev–Trinajstić information content (AvgIpc) is 2.98. The molecule has 2 heteroatoms. The summed E-state index contributed by atoms with van der Waals surface area (Å²) in [6.45, 7) is 9.83. The van der Waals surface area contributed by atoms with Gasteiger partial charge in [0.05, 0.1) is 0 Å². The van der Waals surface area contributed by atoms with Crippen molar-refractivity contribution >= 4 is 5.91 Å². The molecule has 2 N–H and O–H groups in total. The predicted octanol–water partition coefficient (Wildman–Crippen LogP) is 9.59. The zero-order valence-corrected chi connectivity index (χ0v) is 23.9. The van der Waals surface area contributed by atoms with E-state index in [1.807, 2.05) is 0 Å². The maximum atomic E-state index is 9.47. The summed E-state index contributed by atoms with van der Waals surface area (Å²) >= 11 is 0. The van der Waals surface area contributed by atoms with E-state index in [0.717, 1.165) is 18.9 Å². The van der Waals surface area contributed by atoms with Crippen LogP contribution in [0.4, 0.5) is 0 Å². The van der Waals surface area contributed by atoms with Crippen LogP contribution in [0.2, 0.25) is 0 Å². The van der Waals surface area contributed by atoms with Crippen LogP contribution < -0.4 is 5.73 Å². The number of unbranched alkanes of at least 4 members (excludes halogenated alkanes) is 2. The van der Waals surface area contributed by atoms with E-state index < -0.39 is 5.91 Å². The Balaban J connectivity index is 0.000000771. The van der Waals surface area contributed by atoms with E-state index in [1.165, 1.54) is 82.2 Å². The van der Waals surface area contributed by atoms with E-state index in [4.69, 9.17) is 0 Å². The molecule has 39 heavy (non-hydrogen) atoms. The van der Waals surface area contributed by atoms with E-state index >= 15 is 0 Å². The topological polar surface area (TPSA) is 43.1 Å². The average molecular weight is 518 g/mol. The van der Waals surface area contributed by atoms with Crippen molar-refractivity contribution < 1.29 is 4.79 Å². The molecule has 2 nitrogen and oxygen atoms in total. The zero-order valence-electron chi connectivity index (χ0n) is 23.9. The summed E-state index contributed by atoms with van der Waals surface area (Å²) < 4.78 is 0. The summed E-state index contributed by atoms with van der Waals surface area (Å²) in [6.07, 6.45) is 9.49. The van der Waals surface area contributed by atoms with Gasteiger partial charge in [-0.15, -0.1) is 0 Å². The minimum absolute atomic E-state index is 0.481. The molecular weight excluding hydrogens is 474 g/mol. The number of primary amides is 1. The number of aryl methyl sites for hydroxylation is 3. The van der Waals surface area contributed by atoms with Crippen LogP contribution in [-0.2, 0) is 24.1 Å². The lowest BCUT2D eigenvalue weighted by Gasteiger charge is -2.12. The monoisotopic (exact) mass is 517 g/mol. The smallest absolute Gasteiger partial charge is 0.240 e. The van der Waals surface area contributed by atoms with E-state index in [9.17, 15) is 4.79 Å². The van der Waals surface area contributed by atoms with Crippen molar-refractivity contribution in [3.8, 4) is 33.4 Å². The van der Waals surface area contributed by atoms with Gasteiger partial charge in [-0.2, -0.15) is 0 Å². The normalized spacial score (nSPS) is 10.4. The molecule has 4 aromatic rings. The Morgan fingerprint density at radius 1 is 0.641 bits per heavy atom. The van der Waals surface area contributed by atoms with Crippen molar-refractivity contribution in [2.75, 3.05) is 0 Å². The second-order valence-electron chi connectivity index (χ2n) is 10.0. The van der Waals surface area contributed by atoms with Crippen molar-refractivity contribution in [2.24, 2.45) is 5.73 Å². The number of carbonyl (C=O) groups excluding carboxylic acids is 1. The van der Waals surface area contributed by atoms with Gasteiger partial charge < -0.3 is 5.73 Å². The van der Waals surface area contributed by atoms with Gasteiger partial charge in [0.25, 0.3) is 0 Å². The van der Waals surface area contributed by atoms with Crippen LogP contribution in [0.3, 0.4) is 0 Å². The van der Waals surface area contributed by atoms with Crippen LogP contribution in [0.1, 0.15) is 63.1 Å². The number of benzene rings is 4. The second kappa shape index (κ2) is 15.5. The molecule has 0 bridgehead atoms. The number of nitrogens with two attached hydrogens (primary N) is 1. The Labute approximate surface area is 235 Å². The largest absolute Gasteiger partial charge is 0.366 e. The van der Waals surface area contributed by atoms with Crippen molar-refractivity contribution in [3.63, 3.8) is 0 Å². The molecule has 0 heterocycles. The van der Waals surface area contributed by atoms with Crippen LogP contribution in [0, 0.1) is 0 Å². The standard InChI is InChI=1S/C34H38.C3H5NO/c1-4-7-8-10-27-11-15-29(16-12-27)30-19-21-31(22-20-30)33-23-24-34(28(6-3)25-33)32-17-13-26(9-5-2)14-18-32;1-2-3(4)5/h11-25H,4-10H2,1-3H3;2H,1H2,(H2,4,5). The molecule has 0 aliphatic rings. The summed E-state index contributed by atoms with van der Waals surface area (Å²) in [5, 5.41) is 0. The van der Waals surface area contributed by atoms with Gasteiger partial charge in [-0.1, -0.05) is 138 Å². The summed E-state index contributed by atoms with van der Waals surface area (Å²) in [6, 6.07) is 34.2. The first-order valence-corrected chi connectivity index (χ1v) is 14.3. The first kappa shape index (κ1) is 29.6. The minimum atomic E-state index is -0.481. The Kier molecular flexibility index (Phi) is 11.8. The molecule has 0 radical (unpaired) electrons. The van der Waals surface area contributed by atoms with Gasteiger partial charge in [0.15, 0.2) is 0 Å². The molecule has 0 unspecified atom stereocenters. The van der Waals surface area contributed by atoms with Crippen molar-refractivity contribution in [2.45, 2.75) is 65.7 Å². The van der Waals surface area contributed by atoms with Gasteiger partial charge >= 0.3 is 0 Å². The highest BCUT2D eigenvalue weighted by Crippen LogP contribution is 2.31. The lowest BCUT2D eigenvalue weighted by Crippen LogP contribution is -2.04. The van der Waals surface area contributed by atoms with Crippen molar-refractivity contribution in [1.82, 2.24) is 0 Å². The third kappa shape index (κ3) is 8.82. The molecule has 4 aromatic carbocycles. The summed E-state index contributed by atoms with van der Waals surface area (Å²) in [5.41, 5.74) is 16.6. The molecule has 0 saturated heterocycles. The number of amides is 1. The minimum Gasteiger partial charge on any atom is -0.366 e. The number of carbonyl (C=O) groups is 1. The quantitative estimate of drug-likeness (QED) is 0.156. The fourth-order valence-corrected chi connectivity index (χ4v) is 4.79. The highest BCUT2D eigenvalue weighted by molar-refractivity contribution is 5.85. The molecule has 1 amide bonds. The first-order valence-electron chi connectivity index (χ1n) is 14.3. The van der Waals surface area contributed by atoms with Gasteiger partial charge in [-0.25, -0.2) is 0 Å². The van der Waals surface area contributed by atoms with Gasteiger partial charge in [0, 0.05) is 0 Å². The molecule has 0 atom stereocenters. The maximum absolute atomic E-state index is 9.47. The third-order valence-corrected chi connectivity index (χ3v) is 7.07. The lowest BCUT2D eigenvalue weighted by molar-refractivity contribution is -0.113. The fourth-order valence-electron chi connectivity index (χ4n) is 4.79. The molecule has 4 rings (SSSR count). The number of hydrogen-bond donors (Lipinski definition) is 1. The summed E-state index contributed by atoms with van der Waals surface area (Å²) in [5.74, 6) is -0.481. The molecule has 0 spiro atoms. The number of hydrogen-bond acceptors (Lipinski definition) is 1.